The van der Waals surface area contributed by atoms with E-state index < -0.39 is 6.03 Å². The Morgan fingerprint density at radius 1 is 0.600 bits per heavy atom. The molecule has 6 heteroatoms. The largest absolute Gasteiger partial charge is 0.704 e. The SMILES string of the molecule is CCC[N+](CCC)(CCC)CCCC(CCC[N+](CCC)(CCC)CCC)c1cc2c(c(CC)c1)OC13Oc4c(cc(C(C)(C)C)cc4C(C)(C)C)C=[N+]1CC(C)(C)[N+]3=C2. The van der Waals surface area contributed by atoms with Gasteiger partial charge in [0.2, 0.25) is 12.1 Å². The molecule has 0 aliphatic carbocycles. The number of fused-ring (bicyclic) bond motifs is 2. The van der Waals surface area contributed by atoms with Crippen LogP contribution in [0.15, 0.2) is 24.3 Å². The lowest BCUT2D eigenvalue weighted by molar-refractivity contribution is -0.928. The van der Waals surface area contributed by atoms with E-state index in [1.54, 1.807) is 0 Å². The molecule has 2 aromatic carbocycles. The number of hydrogen-bond acceptors (Lipinski definition) is 2. The van der Waals surface area contributed by atoms with Gasteiger partial charge in [-0.15, -0.1) is 0 Å². The number of nitrogens with zero attached hydrogens (tertiary/aromatic N) is 4. The van der Waals surface area contributed by atoms with Crippen molar-refractivity contribution < 1.29 is 27.6 Å². The van der Waals surface area contributed by atoms with Crippen molar-refractivity contribution in [1.29, 1.82) is 0 Å². The molecule has 3 heterocycles. The first kappa shape index (κ1) is 48.3. The minimum Gasteiger partial charge on any atom is -0.340 e. The van der Waals surface area contributed by atoms with E-state index >= 15 is 0 Å². The van der Waals surface area contributed by atoms with Gasteiger partial charge in [-0.05, 0) is 116 Å². The minimum absolute atomic E-state index is 0.0273. The lowest BCUT2D eigenvalue weighted by atomic mass is 9.79. The van der Waals surface area contributed by atoms with E-state index in [2.05, 4.69) is 150 Å². The summed E-state index contributed by atoms with van der Waals surface area (Å²) >= 11 is 0. The highest BCUT2D eigenvalue weighted by Gasteiger charge is 2.75. The molecular weight excluding hydrogens is 737 g/mol. The predicted octanol–water partition coefficient (Wildman–Crippen LogP) is 12.3. The van der Waals surface area contributed by atoms with Crippen molar-refractivity contribution in [3.63, 3.8) is 0 Å². The van der Waals surface area contributed by atoms with Crippen LogP contribution in [0.25, 0.3) is 0 Å². The molecule has 1 atom stereocenters. The summed E-state index contributed by atoms with van der Waals surface area (Å²) in [6.45, 7) is 46.5. The fourth-order valence-corrected chi connectivity index (χ4v) is 11.6. The first-order chi connectivity index (χ1) is 28.3. The van der Waals surface area contributed by atoms with Crippen LogP contribution in [0.5, 0.6) is 11.5 Å². The topological polar surface area (TPSA) is 24.5 Å². The summed E-state index contributed by atoms with van der Waals surface area (Å²) in [7, 11) is 0. The highest BCUT2D eigenvalue weighted by Crippen LogP contribution is 2.47. The Morgan fingerprint density at radius 2 is 1.08 bits per heavy atom. The molecule has 1 spiro atoms. The van der Waals surface area contributed by atoms with Crippen LogP contribution in [0.3, 0.4) is 0 Å². The van der Waals surface area contributed by atoms with Gasteiger partial charge in [0, 0.05) is 19.4 Å². The van der Waals surface area contributed by atoms with E-state index in [4.69, 9.17) is 9.47 Å². The van der Waals surface area contributed by atoms with Crippen LogP contribution in [-0.4, -0.2) is 101 Å². The molecule has 0 amide bonds. The quantitative estimate of drug-likeness (QED) is 0.0872. The van der Waals surface area contributed by atoms with Gasteiger partial charge < -0.3 is 18.4 Å². The molecule has 0 radical (unpaired) electrons. The van der Waals surface area contributed by atoms with Crippen LogP contribution < -0.4 is 9.47 Å². The van der Waals surface area contributed by atoms with Gasteiger partial charge in [-0.1, -0.05) is 111 Å². The Kier molecular flexibility index (Phi) is 15.6. The molecule has 0 saturated carbocycles. The predicted molar refractivity (Wildman–Crippen MR) is 256 cm³/mol. The molecule has 1 unspecified atom stereocenters. The monoisotopic (exact) mass is 829 g/mol. The molecule has 3 aliphatic rings. The molecular formula is C54H92N4O2+4. The second-order valence-electron chi connectivity index (χ2n) is 22.2. The van der Waals surface area contributed by atoms with Gasteiger partial charge in [0.25, 0.3) is 0 Å². The molecule has 0 aromatic heterocycles. The molecule has 3 aliphatic heterocycles. The number of quaternary nitrogens is 2. The first-order valence-electron chi connectivity index (χ1n) is 25.0. The summed E-state index contributed by atoms with van der Waals surface area (Å²) in [6, 6.07) is 8.74. The Hall–Kier alpha value is -2.70. The average Bonchev–Trinajstić information content (AvgIpc) is 3.39. The highest BCUT2D eigenvalue weighted by atomic mass is 16.7. The lowest BCUT2D eigenvalue weighted by Crippen LogP contribution is -2.61. The van der Waals surface area contributed by atoms with Gasteiger partial charge in [0.15, 0.2) is 23.9 Å². The van der Waals surface area contributed by atoms with E-state index in [0.29, 0.717) is 5.92 Å². The van der Waals surface area contributed by atoms with Gasteiger partial charge in [0.1, 0.15) is 0 Å². The fraction of sp³-hybridized carbons (Fsp3) is 0.741. The Morgan fingerprint density at radius 3 is 1.53 bits per heavy atom. The van der Waals surface area contributed by atoms with Crippen LogP contribution >= 0.6 is 0 Å². The maximum atomic E-state index is 7.44. The molecule has 1 saturated heterocycles. The molecule has 60 heavy (non-hydrogen) atoms. The van der Waals surface area contributed by atoms with Crippen molar-refractivity contribution in [3.05, 3.63) is 57.6 Å². The lowest BCUT2D eigenvalue weighted by Gasteiger charge is -2.39. The number of aryl methyl sites for hydroxylation is 1. The Labute approximate surface area is 369 Å². The third-order valence-electron chi connectivity index (χ3n) is 14.3. The third kappa shape index (κ3) is 10.2. The van der Waals surface area contributed by atoms with Crippen molar-refractivity contribution in [3.8, 4) is 11.5 Å². The standard InChI is InChI=1S/C54H92N4O2/c1-16-27-57(28-17-2,29-18-3)33-23-25-43(26-24-34-58(30-19-4,31-20-5)32-21-6)44-35-42(22-7)49-45(36-44)40-56-53(14,15)41-55-39-46-37-47(51(8,9)10)38-48(52(11,12)13)50(46)60-54(55,56)59-49/h35-40,43H,16-34,41H2,1-15H3/q+4. The smallest absolute Gasteiger partial charge is 0.340 e. The van der Waals surface area contributed by atoms with Gasteiger partial charge in [-0.2, -0.15) is 0 Å². The third-order valence-corrected chi connectivity index (χ3v) is 14.3. The van der Waals surface area contributed by atoms with Gasteiger partial charge in [-0.25, -0.2) is 0 Å². The molecule has 0 bridgehead atoms. The van der Waals surface area contributed by atoms with Crippen LogP contribution in [0.1, 0.15) is 207 Å². The van der Waals surface area contributed by atoms with Crippen LogP contribution in [0.4, 0.5) is 0 Å². The van der Waals surface area contributed by atoms with E-state index in [9.17, 15) is 0 Å². The molecule has 6 nitrogen and oxygen atoms in total. The van der Waals surface area contributed by atoms with Crippen LogP contribution in [0.2, 0.25) is 0 Å². The van der Waals surface area contributed by atoms with Crippen molar-refractivity contribution >= 4 is 12.4 Å². The van der Waals surface area contributed by atoms with Gasteiger partial charge >= 0.3 is 6.03 Å². The minimum atomic E-state index is -1.07. The molecule has 1 fully saturated rings. The second-order valence-corrected chi connectivity index (χ2v) is 22.2. The highest BCUT2D eigenvalue weighted by molar-refractivity contribution is 5.85. The number of hydrogen-bond donors (Lipinski definition) is 0. The van der Waals surface area contributed by atoms with Crippen LogP contribution in [0, 0.1) is 0 Å². The Bertz CT molecular complexity index is 1760. The number of benzene rings is 2. The van der Waals surface area contributed by atoms with E-state index in [1.165, 1.54) is 153 Å². The summed E-state index contributed by atoms with van der Waals surface area (Å²) in [5.41, 5.74) is 7.47. The Balaban J connectivity index is 1.57. The van der Waals surface area contributed by atoms with Crippen molar-refractivity contribution in [2.24, 2.45) is 0 Å². The zero-order valence-corrected chi connectivity index (χ0v) is 41.8. The average molecular weight is 829 g/mol. The maximum absolute atomic E-state index is 7.44. The fourth-order valence-electron chi connectivity index (χ4n) is 11.6. The van der Waals surface area contributed by atoms with Crippen molar-refractivity contribution in [2.75, 3.05) is 58.9 Å². The number of rotatable bonds is 22. The van der Waals surface area contributed by atoms with E-state index in [1.807, 2.05) is 0 Å². The van der Waals surface area contributed by atoms with Gasteiger partial charge in [-0.3, -0.25) is 0 Å². The van der Waals surface area contributed by atoms with Gasteiger partial charge in [0.05, 0.1) is 63.5 Å². The van der Waals surface area contributed by atoms with Crippen LogP contribution in [-0.2, 0) is 17.3 Å². The normalized spacial score (nSPS) is 18.6. The summed E-state index contributed by atoms with van der Waals surface area (Å²) in [5, 5.41) is 0. The molecule has 5 rings (SSSR count). The molecule has 0 N–H and O–H groups in total. The van der Waals surface area contributed by atoms with E-state index in [-0.39, 0.29) is 16.4 Å². The second kappa shape index (κ2) is 19.4. The first-order valence-corrected chi connectivity index (χ1v) is 25.0. The summed E-state index contributed by atoms with van der Waals surface area (Å²) < 4.78 is 22.2. The zero-order valence-electron chi connectivity index (χ0n) is 41.8. The summed E-state index contributed by atoms with van der Waals surface area (Å²) in [5.74, 6) is 2.48. The van der Waals surface area contributed by atoms with Crippen molar-refractivity contribution in [2.45, 2.75) is 203 Å². The van der Waals surface area contributed by atoms with Crippen molar-refractivity contribution in [1.82, 2.24) is 0 Å². The zero-order chi connectivity index (χ0) is 44.1. The maximum Gasteiger partial charge on any atom is 0.704 e. The summed E-state index contributed by atoms with van der Waals surface area (Å²) in [4.78, 5) is 0. The van der Waals surface area contributed by atoms with E-state index in [0.717, 1.165) is 30.0 Å². The molecule has 336 valence electrons. The summed E-state index contributed by atoms with van der Waals surface area (Å²) in [6.07, 6.45) is 18.4. The molecule has 2 aromatic rings. The number of ether oxygens (including phenoxy) is 2.